The third-order valence-electron chi connectivity index (χ3n) is 19.3. The number of aromatic amines is 2. The maximum atomic E-state index is 13.2. The van der Waals surface area contributed by atoms with E-state index < -0.39 is 59.8 Å². The quantitative estimate of drug-likeness (QED) is 0.00929. The zero-order valence-electron chi connectivity index (χ0n) is 60.7. The van der Waals surface area contributed by atoms with Gasteiger partial charge in [-0.25, -0.2) is 14.5 Å². The van der Waals surface area contributed by atoms with E-state index >= 15 is 0 Å². The van der Waals surface area contributed by atoms with Gasteiger partial charge >= 0.3 is 138 Å². The monoisotopic (exact) mass is 1660 g/mol. The Morgan fingerprint density at radius 2 is 0.935 bits per heavy atom. The molecule has 2 aromatic heterocycles. The molecule has 25 nitrogen and oxygen atoms in total. The number of piperidine rings is 3. The number of para-hydroxylation sites is 3. The van der Waals surface area contributed by atoms with Crippen molar-refractivity contribution in [1.29, 1.82) is 0 Å². The first-order valence-electron chi connectivity index (χ1n) is 34.1. The number of H-pyrrole nitrogens is 2. The van der Waals surface area contributed by atoms with Crippen molar-refractivity contribution in [3.8, 4) is 57.3 Å². The fraction of sp³-hybridized carbons (Fsp3) is 0.324. The number of oxime groups is 1. The summed E-state index contributed by atoms with van der Waals surface area (Å²) in [6.45, 7) is 1.75. The molecule has 6 unspecified atom stereocenters. The number of amidine groups is 1. The molecule has 6 fully saturated rings. The van der Waals surface area contributed by atoms with Crippen LogP contribution in [0.2, 0.25) is 0 Å². The van der Waals surface area contributed by atoms with Crippen molar-refractivity contribution in [2.24, 2.45) is 10.9 Å². The van der Waals surface area contributed by atoms with Gasteiger partial charge in [-0.15, -0.1) is 0 Å². The van der Waals surface area contributed by atoms with Crippen LogP contribution in [0.3, 0.4) is 0 Å². The summed E-state index contributed by atoms with van der Waals surface area (Å²) in [5, 5.41) is 46.3. The van der Waals surface area contributed by atoms with Crippen molar-refractivity contribution in [1.82, 2.24) is 35.4 Å². The number of nitrogens with one attached hydrogen (secondary N) is 3. The summed E-state index contributed by atoms with van der Waals surface area (Å²) in [5.41, 5.74) is 19.8. The molecule has 8 aromatic rings. The molecule has 11 heterocycles. The Labute approximate surface area is 714 Å². The molecule has 0 radical (unpaired) electrons. The van der Waals surface area contributed by atoms with Gasteiger partial charge in [0.15, 0.2) is 17.5 Å². The first-order valence-corrected chi connectivity index (χ1v) is 34.9. The number of nitrogens with zero attached hydrogens (tertiary/aromatic N) is 5. The molecule has 17 rings (SSSR count). The van der Waals surface area contributed by atoms with Crippen molar-refractivity contribution < 1.29 is 200 Å². The molecule has 0 spiro atoms. The minimum atomic E-state index is -4.87. The first-order chi connectivity index (χ1) is 51.5. The van der Waals surface area contributed by atoms with Crippen LogP contribution in [0.25, 0.3) is 39.5 Å². The molecule has 9 aliphatic rings. The van der Waals surface area contributed by atoms with Crippen LogP contribution in [0.4, 0.5) is 26.3 Å². The van der Waals surface area contributed by atoms with Gasteiger partial charge in [0.1, 0.15) is 34.5 Å². The molecule has 34 heteroatoms. The zero-order chi connectivity index (χ0) is 76.4. The summed E-state index contributed by atoms with van der Waals surface area (Å²) < 4.78 is 113. The van der Waals surface area contributed by atoms with Gasteiger partial charge in [-0.05, 0) is 160 Å². The third-order valence-corrected chi connectivity index (χ3v) is 19.3. The van der Waals surface area contributed by atoms with E-state index in [1.54, 1.807) is 31.2 Å². The number of alkyl halides is 7. The molecule has 6 bridgehead atoms. The topological polar surface area (TPSA) is 356 Å². The first kappa shape index (κ1) is 83.4. The second-order valence-corrected chi connectivity index (χ2v) is 25.5. The molecule has 8 N–H and O–H groups in total. The average molecular weight is 1660 g/mol. The van der Waals surface area contributed by atoms with Crippen molar-refractivity contribution in [3.63, 3.8) is 0 Å². The normalized spacial score (nSPS) is 19.9. The number of carbonyl (C=O) groups is 3. The summed E-state index contributed by atoms with van der Waals surface area (Å²) in [6.07, 6.45) is -1.36. The zero-order valence-corrected chi connectivity index (χ0v) is 67.1. The van der Waals surface area contributed by atoms with Gasteiger partial charge in [-0.1, -0.05) is 128 Å². The molecular formula is C74H72F6IK2N9O16. The fourth-order valence-electron chi connectivity index (χ4n) is 15.4. The summed E-state index contributed by atoms with van der Waals surface area (Å²) in [5.74, 6) is -0.127. The molecule has 6 saturated heterocycles. The van der Waals surface area contributed by atoms with E-state index in [1.165, 1.54) is 31.1 Å². The van der Waals surface area contributed by atoms with Crippen molar-refractivity contribution >= 4 is 63.4 Å². The van der Waals surface area contributed by atoms with Crippen LogP contribution >= 0.6 is 22.6 Å². The summed E-state index contributed by atoms with van der Waals surface area (Å²) in [6, 6.07) is 39.0. The third kappa shape index (κ3) is 18.7. The van der Waals surface area contributed by atoms with E-state index in [9.17, 15) is 45.5 Å². The molecule has 9 aliphatic heterocycles. The van der Waals surface area contributed by atoms with E-state index in [0.29, 0.717) is 108 Å². The molecule has 6 aromatic carbocycles. The molecule has 108 heavy (non-hydrogen) atoms. The Kier molecular flexibility index (Phi) is 29.1. The van der Waals surface area contributed by atoms with Gasteiger partial charge in [0, 0.05) is 94.3 Å². The number of rotatable bonds is 4. The summed E-state index contributed by atoms with van der Waals surface area (Å²) in [4.78, 5) is 68.9. The van der Waals surface area contributed by atoms with E-state index in [4.69, 9.17) is 46.9 Å². The smallest absolute Gasteiger partial charge is 1.00 e. The van der Waals surface area contributed by atoms with Crippen LogP contribution in [0.5, 0.6) is 34.5 Å². The van der Waals surface area contributed by atoms with Crippen LogP contribution in [-0.4, -0.2) is 137 Å². The number of amides is 2. The maximum Gasteiger partial charge on any atom is 1.00 e. The van der Waals surface area contributed by atoms with E-state index in [2.05, 4.69) is 67.8 Å². The number of hydrogen-bond donors (Lipinski definition) is 7. The minimum Gasteiger partial charge on any atom is -1.00 e. The number of carbonyl (C=O) groups excluding carboxylic acids is 3. The molecule has 0 saturated carbocycles. The molecule has 560 valence electrons. The second-order valence-electron chi connectivity index (χ2n) is 25.5. The Bertz CT molecular complexity index is 4810. The number of halogens is 7. The minimum absolute atomic E-state index is 0. The van der Waals surface area contributed by atoms with Crippen LogP contribution in [0.1, 0.15) is 126 Å². The number of benzene rings is 6. The van der Waals surface area contributed by atoms with Crippen molar-refractivity contribution in [2.45, 2.75) is 133 Å². The average Bonchev–Trinajstić information content (AvgIpc) is 1.30. The van der Waals surface area contributed by atoms with Crippen molar-refractivity contribution in [2.75, 3.05) is 18.6 Å². The Hall–Kier alpha value is -7.12. The Balaban J connectivity index is 0.000000190. The number of aliphatic hydroxyl groups excluding tert-OH is 1. The van der Waals surface area contributed by atoms with Gasteiger partial charge in [0.2, 0.25) is 0 Å². The van der Waals surface area contributed by atoms with Gasteiger partial charge < -0.3 is 56.9 Å². The largest absolute Gasteiger partial charge is 1.00 e. The SMILES string of the molecule is CCO.COO.N/C(=N\O)c1ccc2c(c1)Oc1ccccc1C2=C1CC2CCC(C1)N2C(=O)C(F)(F)F.O=C(N1C2CCC1CC(=C1c3ccccc3Oc3cc(-c4noc(=O)[nH]4)ccc31)C2)C(F)(F)F.O=CO[O-].O=c1[nH]c(-c2ccc3c(c2)Oc2ccccc2C3=C2CC3CCC(C2)N3)no1.[2H]CI.[H-].[K+].[K+]. The number of nitrogens with two attached hydrogens (primary N) is 1. The van der Waals surface area contributed by atoms with E-state index in [-0.39, 0.29) is 129 Å². The van der Waals surface area contributed by atoms with Gasteiger partial charge in [-0.2, -0.15) is 26.3 Å². The predicted molar refractivity (Wildman–Crippen MR) is 379 cm³/mol. The second kappa shape index (κ2) is 37.7. The molecule has 2 amide bonds. The van der Waals surface area contributed by atoms with Gasteiger partial charge in [0.25, 0.3) is 6.47 Å². The number of aliphatic hydroxyl groups is 1. The number of hydrogen-bond acceptors (Lipinski definition) is 20. The number of ether oxygens (including phenoxy) is 3. The van der Waals surface area contributed by atoms with Crippen LogP contribution in [0, 0.1) is 0 Å². The Morgan fingerprint density at radius 3 is 1.25 bits per heavy atom. The van der Waals surface area contributed by atoms with Crippen LogP contribution in [0.15, 0.2) is 168 Å². The molecular weight excluding hydrogens is 1590 g/mol. The van der Waals surface area contributed by atoms with E-state index in [1.807, 2.05) is 108 Å². The van der Waals surface area contributed by atoms with E-state index in [0.717, 1.165) is 95.4 Å². The fourth-order valence-corrected chi connectivity index (χ4v) is 15.4. The van der Waals surface area contributed by atoms with Crippen LogP contribution < -0.4 is 145 Å². The number of aromatic nitrogens is 4. The maximum absolute atomic E-state index is 13.2. The molecule has 0 aliphatic carbocycles. The predicted octanol–water partition coefficient (Wildman–Crippen LogP) is 6.62. The summed E-state index contributed by atoms with van der Waals surface area (Å²) in [7, 11) is 1.18. The van der Waals surface area contributed by atoms with Crippen LogP contribution in [-0.2, 0) is 24.2 Å². The molecule has 6 atom stereocenters. The van der Waals surface area contributed by atoms with Gasteiger partial charge in [0.05, 0.1) is 7.11 Å². The number of fused-ring (bicyclic) bond motifs is 12. The Morgan fingerprint density at radius 1 is 0.620 bits per heavy atom. The standard InChI is InChI=1S/C24H18F3N3O4.C23H20F3N3O3.C22H19N3O3.C2H6O.CH3I.CH2O3.CH4O2.2K.H/c25-24(26,27)22(31)30-14-6-7-15(30)10-13(9-14)20-16-3-1-2-4-18(16)33-19-11-12(5-8-17(19)20)21-28-23(32)34-29-21;24-23(25,26)22(30)29-14-6-7-15(29)10-13(9-14)20-16-3-1-2-4-18(16)32-19-11-12(21(27)28-31)5-8-17(19)20;26-22-24-21(25-28-22)12-5-8-17-19(11-12)27-18-4-2-1-3-16(18)20(17)13-9-14-6-7-15(10-13)23-14;1-2-3;1-2;2-1-4-3;1-3-2;;;/h1-5,8,11,14-15H,6-7,9-10H2,(H,28,29,32);1-5,8,11,14-15,31H,6-7,9-10H2,(H2,27,28);1-5,8,11,14-15,23H,6-7,9-10H2,(H,24,25,26);3H,2H2,1H3;1H3;1,3H;2H,1H3;;;/q;;;;;;;2*+1;-1/p-1/i;;;;1D;;;;;. The summed E-state index contributed by atoms with van der Waals surface area (Å²) >= 11 is 1.96. The van der Waals surface area contributed by atoms with Crippen molar-refractivity contribution in [3.05, 3.63) is 204 Å². The van der Waals surface area contributed by atoms with Gasteiger partial charge in [-0.3, -0.25) is 38.7 Å².